The highest BCUT2D eigenvalue weighted by Gasteiger charge is 2.20. The van der Waals surface area contributed by atoms with Gasteiger partial charge in [0.1, 0.15) is 11.7 Å². The summed E-state index contributed by atoms with van der Waals surface area (Å²) in [4.78, 5) is 28.6. The number of hydrogen-bond acceptors (Lipinski definition) is 3. The van der Waals surface area contributed by atoms with Crippen LogP contribution in [0.4, 0.5) is 0 Å². The Morgan fingerprint density at radius 1 is 1.13 bits per heavy atom. The van der Waals surface area contributed by atoms with Crippen LogP contribution in [0.3, 0.4) is 0 Å². The number of carbonyl (C=O) groups excluding carboxylic acids is 1. The van der Waals surface area contributed by atoms with Crippen molar-refractivity contribution in [2.45, 2.75) is 40.2 Å². The molecule has 0 saturated heterocycles. The van der Waals surface area contributed by atoms with Gasteiger partial charge in [-0.05, 0) is 50.0 Å². The van der Waals surface area contributed by atoms with Crippen molar-refractivity contribution in [2.24, 2.45) is 5.92 Å². The van der Waals surface area contributed by atoms with Crippen molar-refractivity contribution in [3.05, 3.63) is 65.5 Å². The molecule has 1 unspecified atom stereocenters. The first kappa shape index (κ1) is 21.3. The van der Waals surface area contributed by atoms with E-state index in [0.717, 1.165) is 33.7 Å². The van der Waals surface area contributed by atoms with Crippen molar-refractivity contribution in [3.63, 3.8) is 0 Å². The van der Waals surface area contributed by atoms with Crippen LogP contribution in [0.2, 0.25) is 0 Å². The third kappa shape index (κ3) is 4.95. The van der Waals surface area contributed by atoms with Crippen LogP contribution in [0.1, 0.15) is 37.1 Å². The molecule has 0 aliphatic heterocycles. The molecule has 1 aromatic carbocycles. The standard InChI is InChI=1S/C24H27N3O3/c1-15(2)13-19(24(29)30)25-22(28)10-9-20-23(18-7-5-16(3)6-8-18)26-21-14-17(4)11-12-27(20)21/h5-12,14-15,19H,13H2,1-4H3,(H,25,28)(H,29,30)/b10-9+. The molecule has 1 atom stereocenters. The van der Waals surface area contributed by atoms with Gasteiger partial charge in [-0.2, -0.15) is 0 Å². The van der Waals surface area contributed by atoms with E-state index >= 15 is 0 Å². The maximum atomic E-state index is 12.4. The van der Waals surface area contributed by atoms with E-state index in [0.29, 0.717) is 6.42 Å². The minimum Gasteiger partial charge on any atom is -0.480 e. The van der Waals surface area contributed by atoms with Gasteiger partial charge in [-0.1, -0.05) is 43.7 Å². The third-order valence-corrected chi connectivity index (χ3v) is 4.86. The van der Waals surface area contributed by atoms with Gasteiger partial charge in [-0.3, -0.25) is 9.20 Å². The van der Waals surface area contributed by atoms with Gasteiger partial charge in [0.15, 0.2) is 0 Å². The zero-order chi connectivity index (χ0) is 21.8. The number of aromatic nitrogens is 2. The van der Waals surface area contributed by atoms with Gasteiger partial charge in [0.25, 0.3) is 0 Å². The van der Waals surface area contributed by atoms with Crippen molar-refractivity contribution in [1.29, 1.82) is 0 Å². The SMILES string of the molecule is Cc1ccc(-c2nc3cc(C)ccn3c2/C=C/C(=O)NC(CC(C)C)C(=O)O)cc1. The number of carboxylic acids is 1. The van der Waals surface area contributed by atoms with Gasteiger partial charge in [0.2, 0.25) is 5.91 Å². The second kappa shape index (κ2) is 8.95. The number of aliphatic carboxylic acids is 1. The summed E-state index contributed by atoms with van der Waals surface area (Å²) >= 11 is 0. The van der Waals surface area contributed by atoms with Crippen LogP contribution in [-0.4, -0.2) is 32.4 Å². The van der Waals surface area contributed by atoms with Gasteiger partial charge in [0, 0.05) is 17.8 Å². The monoisotopic (exact) mass is 405 g/mol. The Kier molecular flexibility index (Phi) is 6.35. The van der Waals surface area contributed by atoms with Crippen molar-refractivity contribution in [1.82, 2.24) is 14.7 Å². The molecule has 3 aromatic rings. The molecule has 156 valence electrons. The predicted octanol–water partition coefficient (Wildman–Crippen LogP) is 4.25. The zero-order valence-electron chi connectivity index (χ0n) is 17.7. The number of rotatable bonds is 7. The van der Waals surface area contributed by atoms with E-state index in [1.807, 2.05) is 74.7 Å². The second-order valence-electron chi connectivity index (χ2n) is 8.01. The lowest BCUT2D eigenvalue weighted by molar-refractivity contribution is -0.141. The van der Waals surface area contributed by atoms with Crippen LogP contribution in [0.5, 0.6) is 0 Å². The summed E-state index contributed by atoms with van der Waals surface area (Å²) in [6.45, 7) is 7.88. The molecule has 0 spiro atoms. The molecule has 0 saturated carbocycles. The maximum absolute atomic E-state index is 12.4. The highest BCUT2D eigenvalue weighted by atomic mass is 16.4. The summed E-state index contributed by atoms with van der Waals surface area (Å²) in [5.41, 5.74) is 5.51. The molecule has 30 heavy (non-hydrogen) atoms. The van der Waals surface area contributed by atoms with Crippen LogP contribution in [0.15, 0.2) is 48.7 Å². The maximum Gasteiger partial charge on any atom is 0.326 e. The average Bonchev–Trinajstić information content (AvgIpc) is 3.03. The lowest BCUT2D eigenvalue weighted by Crippen LogP contribution is -2.40. The molecule has 0 bridgehead atoms. The summed E-state index contributed by atoms with van der Waals surface area (Å²) in [7, 11) is 0. The first-order valence-corrected chi connectivity index (χ1v) is 10.0. The molecular weight excluding hydrogens is 378 g/mol. The molecule has 0 fully saturated rings. The summed E-state index contributed by atoms with van der Waals surface area (Å²) in [6, 6.07) is 11.1. The largest absolute Gasteiger partial charge is 0.480 e. The number of nitrogens with one attached hydrogen (secondary N) is 1. The van der Waals surface area contributed by atoms with Crippen LogP contribution in [-0.2, 0) is 9.59 Å². The predicted molar refractivity (Wildman–Crippen MR) is 118 cm³/mol. The lowest BCUT2D eigenvalue weighted by Gasteiger charge is -2.15. The number of carboxylic acid groups (broad SMARTS) is 1. The molecule has 1 amide bonds. The minimum absolute atomic E-state index is 0.158. The van der Waals surface area contributed by atoms with E-state index < -0.39 is 17.9 Å². The van der Waals surface area contributed by atoms with Gasteiger partial charge >= 0.3 is 5.97 Å². The van der Waals surface area contributed by atoms with Gasteiger partial charge in [-0.15, -0.1) is 0 Å². The molecule has 2 aromatic heterocycles. The smallest absolute Gasteiger partial charge is 0.326 e. The molecule has 0 aliphatic carbocycles. The normalized spacial score (nSPS) is 12.6. The van der Waals surface area contributed by atoms with Crippen LogP contribution in [0, 0.1) is 19.8 Å². The zero-order valence-corrected chi connectivity index (χ0v) is 17.7. The molecule has 6 nitrogen and oxygen atoms in total. The Morgan fingerprint density at radius 3 is 2.47 bits per heavy atom. The fourth-order valence-corrected chi connectivity index (χ4v) is 3.32. The quantitative estimate of drug-likeness (QED) is 0.576. The van der Waals surface area contributed by atoms with Gasteiger partial charge < -0.3 is 10.4 Å². The van der Waals surface area contributed by atoms with Crippen molar-refractivity contribution in [2.75, 3.05) is 0 Å². The second-order valence-corrected chi connectivity index (χ2v) is 8.01. The number of carbonyl (C=O) groups is 2. The molecule has 2 heterocycles. The molecular formula is C24H27N3O3. The van der Waals surface area contributed by atoms with Crippen molar-refractivity contribution >= 4 is 23.6 Å². The summed E-state index contributed by atoms with van der Waals surface area (Å²) in [5, 5.41) is 11.9. The fourth-order valence-electron chi connectivity index (χ4n) is 3.32. The number of hydrogen-bond donors (Lipinski definition) is 2. The van der Waals surface area contributed by atoms with Gasteiger partial charge in [0.05, 0.1) is 11.4 Å². The molecule has 0 radical (unpaired) electrons. The van der Waals surface area contributed by atoms with E-state index in [1.54, 1.807) is 6.08 Å². The topological polar surface area (TPSA) is 83.7 Å². The number of nitrogens with zero attached hydrogens (tertiary/aromatic N) is 2. The van der Waals surface area contributed by atoms with Crippen LogP contribution >= 0.6 is 0 Å². The summed E-state index contributed by atoms with van der Waals surface area (Å²) in [6.07, 6.45) is 5.36. The number of imidazole rings is 1. The van der Waals surface area contributed by atoms with Crippen molar-refractivity contribution < 1.29 is 14.7 Å². The Hall–Kier alpha value is -3.41. The molecule has 2 N–H and O–H groups in total. The fraction of sp³-hybridized carbons (Fsp3) is 0.292. The highest BCUT2D eigenvalue weighted by molar-refractivity contribution is 5.95. The average molecular weight is 405 g/mol. The van der Waals surface area contributed by atoms with Crippen LogP contribution < -0.4 is 5.32 Å². The molecule has 3 rings (SSSR count). The Bertz CT molecular complexity index is 1090. The number of fused-ring (bicyclic) bond motifs is 1. The van der Waals surface area contributed by atoms with Crippen molar-refractivity contribution in [3.8, 4) is 11.3 Å². The molecule has 6 heteroatoms. The van der Waals surface area contributed by atoms with Gasteiger partial charge in [-0.25, -0.2) is 9.78 Å². The Morgan fingerprint density at radius 2 is 1.83 bits per heavy atom. The molecule has 0 aliphatic rings. The van der Waals surface area contributed by atoms with E-state index in [4.69, 9.17) is 4.98 Å². The van der Waals surface area contributed by atoms with E-state index in [2.05, 4.69) is 5.32 Å². The third-order valence-electron chi connectivity index (χ3n) is 4.86. The minimum atomic E-state index is -1.03. The number of amides is 1. The summed E-state index contributed by atoms with van der Waals surface area (Å²) in [5.74, 6) is -1.32. The first-order valence-electron chi connectivity index (χ1n) is 10.0. The number of pyridine rings is 1. The summed E-state index contributed by atoms with van der Waals surface area (Å²) < 4.78 is 1.93. The van der Waals surface area contributed by atoms with Crippen LogP contribution in [0.25, 0.3) is 23.0 Å². The first-order chi connectivity index (χ1) is 14.2. The van der Waals surface area contributed by atoms with E-state index in [1.165, 1.54) is 6.08 Å². The number of aryl methyl sites for hydroxylation is 2. The van der Waals surface area contributed by atoms with E-state index in [-0.39, 0.29) is 5.92 Å². The van der Waals surface area contributed by atoms with E-state index in [9.17, 15) is 14.7 Å². The lowest BCUT2D eigenvalue weighted by atomic mass is 10.0. The highest BCUT2D eigenvalue weighted by Crippen LogP contribution is 2.26. The number of benzene rings is 1. The Balaban J connectivity index is 1.95. The Labute approximate surface area is 176 Å².